The molecule has 1 saturated carbocycles. The van der Waals surface area contributed by atoms with E-state index >= 15 is 0 Å². The third-order valence-electron chi connectivity index (χ3n) is 1.57. The lowest BCUT2D eigenvalue weighted by atomic mass is 10.3. The van der Waals surface area contributed by atoms with Gasteiger partial charge in [-0.25, -0.2) is 0 Å². The van der Waals surface area contributed by atoms with Crippen LogP contribution in [0.5, 0.6) is 0 Å². The molecule has 0 aromatic carbocycles. The van der Waals surface area contributed by atoms with Crippen molar-refractivity contribution in [2.24, 2.45) is 11.7 Å². The lowest BCUT2D eigenvalue weighted by molar-refractivity contribution is 0.771. The molecule has 0 bridgehead atoms. The van der Waals surface area contributed by atoms with Gasteiger partial charge in [0.25, 0.3) is 0 Å². The monoisotopic (exact) mass is 96.1 g/mol. The van der Waals surface area contributed by atoms with Crippen LogP contribution in [0.25, 0.3) is 0 Å². The van der Waals surface area contributed by atoms with E-state index in [1.54, 1.807) is 0 Å². The number of rotatable bonds is 0. The fourth-order valence-electron chi connectivity index (χ4n) is 0.604. The minimum absolute atomic E-state index is 0.428. The molecule has 0 aromatic rings. The number of nitriles is 1. The van der Waals surface area contributed by atoms with E-state index in [4.69, 9.17) is 11.0 Å². The zero-order chi connectivity index (χ0) is 5.49. The van der Waals surface area contributed by atoms with E-state index in [1.165, 1.54) is 0 Å². The molecule has 0 heterocycles. The highest BCUT2D eigenvalue weighted by Gasteiger charge is 2.48. The maximum Gasteiger partial charge on any atom is 0.107 e. The molecule has 2 N–H and O–H groups in total. The molecule has 7 heavy (non-hydrogen) atoms. The molecule has 2 heteroatoms. The molecule has 2 unspecified atom stereocenters. The molecule has 0 saturated heterocycles. The highest BCUT2D eigenvalue weighted by atomic mass is 14.8. The average Bonchev–Trinajstić information content (AvgIpc) is 2.18. The van der Waals surface area contributed by atoms with Crippen molar-refractivity contribution in [3.8, 4) is 6.07 Å². The van der Waals surface area contributed by atoms with E-state index in [0.717, 1.165) is 6.42 Å². The van der Waals surface area contributed by atoms with Crippen molar-refractivity contribution in [3.63, 3.8) is 0 Å². The molecule has 0 aromatic heterocycles. The van der Waals surface area contributed by atoms with Gasteiger partial charge in [0, 0.05) is 0 Å². The number of hydrogen-bond donors (Lipinski definition) is 1. The minimum Gasteiger partial charge on any atom is -0.313 e. The van der Waals surface area contributed by atoms with Gasteiger partial charge in [0.1, 0.15) is 5.54 Å². The minimum atomic E-state index is -0.444. The molecule has 0 spiro atoms. The van der Waals surface area contributed by atoms with E-state index in [9.17, 15) is 0 Å². The summed E-state index contributed by atoms with van der Waals surface area (Å²) in [4.78, 5) is 0. The fraction of sp³-hybridized carbons (Fsp3) is 0.800. The molecule has 0 radical (unpaired) electrons. The van der Waals surface area contributed by atoms with Crippen molar-refractivity contribution in [1.82, 2.24) is 0 Å². The van der Waals surface area contributed by atoms with E-state index in [0.29, 0.717) is 5.92 Å². The summed E-state index contributed by atoms with van der Waals surface area (Å²) in [7, 11) is 0. The summed E-state index contributed by atoms with van der Waals surface area (Å²) in [6.45, 7) is 1.99. The van der Waals surface area contributed by atoms with Gasteiger partial charge in [0.05, 0.1) is 6.07 Å². The molecular weight excluding hydrogens is 88.1 g/mol. The summed E-state index contributed by atoms with van der Waals surface area (Å²) in [6.07, 6.45) is 0.878. The summed E-state index contributed by atoms with van der Waals surface area (Å²) in [5.41, 5.74) is 4.98. The van der Waals surface area contributed by atoms with E-state index in [2.05, 4.69) is 0 Å². The fourth-order valence-corrected chi connectivity index (χ4v) is 0.604. The van der Waals surface area contributed by atoms with Gasteiger partial charge >= 0.3 is 0 Å². The SMILES string of the molecule is CC1CC1(N)C#N. The molecule has 1 fully saturated rings. The summed E-state index contributed by atoms with van der Waals surface area (Å²) < 4.78 is 0. The van der Waals surface area contributed by atoms with Crippen molar-refractivity contribution in [2.45, 2.75) is 18.9 Å². The standard InChI is InChI=1S/C5H8N2/c1-4-2-5(4,7)3-6/h4H,2,7H2,1H3. The Kier molecular flexibility index (Phi) is 0.650. The second kappa shape index (κ2) is 0.988. The Morgan fingerprint density at radius 1 is 2.00 bits per heavy atom. The van der Waals surface area contributed by atoms with Gasteiger partial charge in [-0.05, 0) is 12.3 Å². The Hall–Kier alpha value is -0.550. The van der Waals surface area contributed by atoms with Crippen LogP contribution in [0.15, 0.2) is 0 Å². The zero-order valence-corrected chi connectivity index (χ0v) is 4.31. The lowest BCUT2D eigenvalue weighted by Gasteiger charge is -1.89. The van der Waals surface area contributed by atoms with Crippen LogP contribution in [0.1, 0.15) is 13.3 Å². The lowest BCUT2D eigenvalue weighted by Crippen LogP contribution is -2.20. The van der Waals surface area contributed by atoms with Crippen LogP contribution in [0.2, 0.25) is 0 Å². The second-order valence-electron chi connectivity index (χ2n) is 2.26. The first kappa shape index (κ1) is 4.61. The quantitative estimate of drug-likeness (QED) is 0.470. The third-order valence-corrected chi connectivity index (χ3v) is 1.57. The first-order chi connectivity index (χ1) is 3.19. The predicted octanol–water partition coefficient (Wildman–Crippen LogP) is 0.247. The topological polar surface area (TPSA) is 49.8 Å². The smallest absolute Gasteiger partial charge is 0.107 e. The molecule has 2 atom stereocenters. The van der Waals surface area contributed by atoms with Crippen LogP contribution in [-0.4, -0.2) is 5.54 Å². The Morgan fingerprint density at radius 3 is 2.43 bits per heavy atom. The van der Waals surface area contributed by atoms with Gasteiger partial charge in [0.15, 0.2) is 0 Å². The molecule has 38 valence electrons. The van der Waals surface area contributed by atoms with E-state index in [-0.39, 0.29) is 0 Å². The summed E-state index contributed by atoms with van der Waals surface area (Å²) in [5.74, 6) is 0.428. The first-order valence-corrected chi connectivity index (χ1v) is 2.39. The Bertz CT molecular complexity index is 125. The molecule has 1 aliphatic rings. The predicted molar refractivity (Wildman–Crippen MR) is 26.3 cm³/mol. The third kappa shape index (κ3) is 0.495. The van der Waals surface area contributed by atoms with Crippen molar-refractivity contribution >= 4 is 0 Å². The van der Waals surface area contributed by atoms with Crippen molar-refractivity contribution in [2.75, 3.05) is 0 Å². The average molecular weight is 96.1 g/mol. The van der Waals surface area contributed by atoms with Crippen LogP contribution in [0, 0.1) is 17.2 Å². The van der Waals surface area contributed by atoms with Gasteiger partial charge in [-0.15, -0.1) is 0 Å². The summed E-state index contributed by atoms with van der Waals surface area (Å²) in [6, 6.07) is 2.04. The van der Waals surface area contributed by atoms with Crippen molar-refractivity contribution in [1.29, 1.82) is 5.26 Å². The maximum atomic E-state index is 8.26. The van der Waals surface area contributed by atoms with Crippen molar-refractivity contribution in [3.05, 3.63) is 0 Å². The highest BCUT2D eigenvalue weighted by molar-refractivity contribution is 5.20. The Labute approximate surface area is 42.9 Å². The largest absolute Gasteiger partial charge is 0.313 e. The molecular formula is C5H8N2. The van der Waals surface area contributed by atoms with Gasteiger partial charge in [-0.1, -0.05) is 6.92 Å². The summed E-state index contributed by atoms with van der Waals surface area (Å²) in [5, 5.41) is 8.26. The number of hydrogen-bond acceptors (Lipinski definition) is 2. The van der Waals surface area contributed by atoms with Crippen LogP contribution >= 0.6 is 0 Å². The highest BCUT2D eigenvalue weighted by Crippen LogP contribution is 2.39. The Morgan fingerprint density at radius 2 is 2.43 bits per heavy atom. The number of nitrogens with zero attached hydrogens (tertiary/aromatic N) is 1. The van der Waals surface area contributed by atoms with E-state index < -0.39 is 5.54 Å². The molecule has 2 nitrogen and oxygen atoms in total. The Balaban J connectivity index is 2.57. The molecule has 1 rings (SSSR count). The zero-order valence-electron chi connectivity index (χ0n) is 4.31. The van der Waals surface area contributed by atoms with Crippen molar-refractivity contribution < 1.29 is 0 Å². The van der Waals surface area contributed by atoms with Crippen LogP contribution in [0.4, 0.5) is 0 Å². The summed E-state index contributed by atoms with van der Waals surface area (Å²) >= 11 is 0. The van der Waals surface area contributed by atoms with Crippen LogP contribution in [-0.2, 0) is 0 Å². The molecule has 0 aliphatic heterocycles. The van der Waals surface area contributed by atoms with Crippen LogP contribution in [0.3, 0.4) is 0 Å². The first-order valence-electron chi connectivity index (χ1n) is 2.39. The van der Waals surface area contributed by atoms with Gasteiger partial charge in [-0.2, -0.15) is 5.26 Å². The molecule has 1 aliphatic carbocycles. The van der Waals surface area contributed by atoms with Gasteiger partial charge < -0.3 is 5.73 Å². The molecule has 0 amide bonds. The number of nitrogens with two attached hydrogens (primary N) is 1. The second-order valence-corrected chi connectivity index (χ2v) is 2.26. The van der Waals surface area contributed by atoms with Gasteiger partial charge in [0.2, 0.25) is 0 Å². The van der Waals surface area contributed by atoms with E-state index in [1.807, 2.05) is 13.0 Å². The van der Waals surface area contributed by atoms with Gasteiger partial charge in [-0.3, -0.25) is 0 Å². The van der Waals surface area contributed by atoms with Crippen LogP contribution < -0.4 is 5.73 Å². The maximum absolute atomic E-state index is 8.26. The normalized spacial score (nSPS) is 47.9.